The number of carbonyl (C=O) groups excluding carboxylic acids is 1. The Hall–Kier alpha value is -1.35. The van der Waals surface area contributed by atoms with Crippen LogP contribution in [0.2, 0.25) is 0 Å². The van der Waals surface area contributed by atoms with E-state index in [0.29, 0.717) is 6.54 Å². The van der Waals surface area contributed by atoms with Crippen molar-refractivity contribution in [1.82, 2.24) is 15.1 Å². The number of rotatable bonds is 6. The summed E-state index contributed by atoms with van der Waals surface area (Å²) < 4.78 is 5.45. The van der Waals surface area contributed by atoms with Crippen molar-refractivity contribution in [2.24, 2.45) is 10.9 Å². The quantitative estimate of drug-likeness (QED) is 0.347. The lowest BCUT2D eigenvalue weighted by molar-refractivity contribution is 0.0625. The molecule has 3 rings (SSSR count). The molecule has 0 bridgehead atoms. The van der Waals surface area contributed by atoms with Crippen molar-refractivity contribution in [3.63, 3.8) is 0 Å². The molecule has 2 heterocycles. The molecular formula is C23H37IN4O2. The summed E-state index contributed by atoms with van der Waals surface area (Å²) in [6.07, 6.45) is 6.96. The maximum absolute atomic E-state index is 12.8. The van der Waals surface area contributed by atoms with Crippen LogP contribution in [0.1, 0.15) is 54.4 Å². The van der Waals surface area contributed by atoms with Gasteiger partial charge < -0.3 is 19.9 Å². The molecule has 1 N–H and O–H groups in total. The SMILES string of the molecule is CN=C(NCc1cccc(C(=O)N2CCCCC2)c1)N(C)CCC1CCOCC1.I. The molecule has 1 amide bonds. The number of benzene rings is 1. The minimum absolute atomic E-state index is 0. The first kappa shape index (κ1) is 24.9. The van der Waals surface area contributed by atoms with Gasteiger partial charge in [0.2, 0.25) is 0 Å². The van der Waals surface area contributed by atoms with E-state index in [2.05, 4.69) is 28.3 Å². The highest BCUT2D eigenvalue weighted by molar-refractivity contribution is 14.0. The van der Waals surface area contributed by atoms with Crippen LogP contribution < -0.4 is 5.32 Å². The number of nitrogens with one attached hydrogen (secondary N) is 1. The van der Waals surface area contributed by atoms with Gasteiger partial charge in [-0.25, -0.2) is 0 Å². The van der Waals surface area contributed by atoms with Gasteiger partial charge >= 0.3 is 0 Å². The molecule has 7 heteroatoms. The third-order valence-corrected chi connectivity index (χ3v) is 6.05. The predicted octanol–water partition coefficient (Wildman–Crippen LogP) is 3.75. The number of amides is 1. The molecule has 2 fully saturated rings. The third-order valence-electron chi connectivity index (χ3n) is 6.05. The van der Waals surface area contributed by atoms with Gasteiger partial charge in [-0.3, -0.25) is 9.79 Å². The van der Waals surface area contributed by atoms with Crippen LogP contribution in [0.25, 0.3) is 0 Å². The number of hydrogen-bond acceptors (Lipinski definition) is 3. The lowest BCUT2D eigenvalue weighted by Gasteiger charge is -2.27. The standard InChI is InChI=1S/C23H36N4O2.HI/c1-24-23(26(2)14-9-19-10-15-29-16-11-19)25-18-20-7-6-8-21(17-20)22(28)27-12-4-3-5-13-27;/h6-8,17,19H,3-5,9-16,18H2,1-2H3,(H,24,25);1H. The van der Waals surface area contributed by atoms with Crippen LogP contribution in [0.15, 0.2) is 29.3 Å². The van der Waals surface area contributed by atoms with Crippen molar-refractivity contribution in [3.8, 4) is 0 Å². The number of aliphatic imine (C=N–C) groups is 1. The summed E-state index contributed by atoms with van der Waals surface area (Å²) in [6.45, 7) is 5.20. The fraction of sp³-hybridized carbons (Fsp3) is 0.652. The van der Waals surface area contributed by atoms with Crippen molar-refractivity contribution >= 4 is 35.8 Å². The molecule has 2 saturated heterocycles. The predicted molar refractivity (Wildman–Crippen MR) is 133 cm³/mol. The molecule has 0 unspecified atom stereocenters. The van der Waals surface area contributed by atoms with E-state index in [4.69, 9.17) is 4.74 Å². The van der Waals surface area contributed by atoms with Gasteiger partial charge in [0, 0.05) is 59.1 Å². The van der Waals surface area contributed by atoms with E-state index in [-0.39, 0.29) is 29.9 Å². The molecule has 6 nitrogen and oxygen atoms in total. The summed E-state index contributed by atoms with van der Waals surface area (Å²) in [6, 6.07) is 7.98. The maximum atomic E-state index is 12.8. The van der Waals surface area contributed by atoms with Crippen molar-refractivity contribution < 1.29 is 9.53 Å². The number of likely N-dealkylation sites (tertiary alicyclic amines) is 1. The Labute approximate surface area is 198 Å². The first-order chi connectivity index (χ1) is 14.2. The van der Waals surface area contributed by atoms with Crippen LogP contribution in [0.3, 0.4) is 0 Å². The van der Waals surface area contributed by atoms with E-state index in [1.54, 1.807) is 0 Å². The molecule has 2 aliphatic rings. The highest BCUT2D eigenvalue weighted by Gasteiger charge is 2.18. The second-order valence-electron chi connectivity index (χ2n) is 8.22. The first-order valence-electron chi connectivity index (χ1n) is 11.0. The second-order valence-corrected chi connectivity index (χ2v) is 8.22. The number of piperidine rings is 1. The molecule has 1 aromatic carbocycles. The van der Waals surface area contributed by atoms with Crippen LogP contribution >= 0.6 is 24.0 Å². The molecule has 2 aliphatic heterocycles. The topological polar surface area (TPSA) is 57.2 Å². The smallest absolute Gasteiger partial charge is 0.253 e. The Kier molecular flexibility index (Phi) is 10.9. The Morgan fingerprint density at radius 3 is 2.67 bits per heavy atom. The minimum Gasteiger partial charge on any atom is -0.381 e. The zero-order valence-corrected chi connectivity index (χ0v) is 20.8. The fourth-order valence-electron chi connectivity index (χ4n) is 4.18. The minimum atomic E-state index is 0. The second kappa shape index (κ2) is 13.1. The van der Waals surface area contributed by atoms with Crippen LogP contribution in [0, 0.1) is 5.92 Å². The number of ether oxygens (including phenoxy) is 1. The molecule has 0 atom stereocenters. The van der Waals surface area contributed by atoms with E-state index >= 15 is 0 Å². The summed E-state index contributed by atoms with van der Waals surface area (Å²) >= 11 is 0. The molecule has 0 aliphatic carbocycles. The van der Waals surface area contributed by atoms with Gasteiger partial charge in [-0.1, -0.05) is 12.1 Å². The summed E-state index contributed by atoms with van der Waals surface area (Å²) in [4.78, 5) is 21.4. The molecule has 30 heavy (non-hydrogen) atoms. The molecular weight excluding hydrogens is 491 g/mol. The first-order valence-corrected chi connectivity index (χ1v) is 11.0. The Bertz CT molecular complexity index is 686. The van der Waals surface area contributed by atoms with Gasteiger partial charge in [0.1, 0.15) is 0 Å². The number of hydrogen-bond donors (Lipinski definition) is 1. The van der Waals surface area contributed by atoms with Crippen LogP contribution in [0.4, 0.5) is 0 Å². The van der Waals surface area contributed by atoms with Gasteiger partial charge in [0.25, 0.3) is 5.91 Å². The molecule has 0 spiro atoms. The van der Waals surface area contributed by atoms with E-state index < -0.39 is 0 Å². The summed E-state index contributed by atoms with van der Waals surface area (Å²) in [5.74, 6) is 1.80. The van der Waals surface area contributed by atoms with Gasteiger partial charge in [0.05, 0.1) is 0 Å². The summed E-state index contributed by atoms with van der Waals surface area (Å²) in [5, 5.41) is 3.45. The van der Waals surface area contributed by atoms with Gasteiger partial charge in [0.15, 0.2) is 5.96 Å². The van der Waals surface area contributed by atoms with Crippen molar-refractivity contribution in [1.29, 1.82) is 0 Å². The number of guanidine groups is 1. The number of halogens is 1. The van der Waals surface area contributed by atoms with Gasteiger partial charge in [-0.2, -0.15) is 0 Å². The molecule has 0 aromatic heterocycles. The van der Waals surface area contributed by atoms with E-state index in [9.17, 15) is 4.79 Å². The Morgan fingerprint density at radius 2 is 1.97 bits per heavy atom. The average molecular weight is 528 g/mol. The number of carbonyl (C=O) groups is 1. The van der Waals surface area contributed by atoms with Crippen molar-refractivity contribution in [2.75, 3.05) is 46.9 Å². The summed E-state index contributed by atoms with van der Waals surface area (Å²) in [5.41, 5.74) is 1.89. The Balaban J connectivity index is 0.00000320. The normalized spacial score (nSPS) is 17.9. The van der Waals surface area contributed by atoms with Crippen LogP contribution in [-0.2, 0) is 11.3 Å². The number of nitrogens with zero attached hydrogens (tertiary/aromatic N) is 3. The monoisotopic (exact) mass is 528 g/mol. The molecule has 1 aromatic rings. The van der Waals surface area contributed by atoms with Crippen LogP contribution in [0.5, 0.6) is 0 Å². The lowest BCUT2D eigenvalue weighted by Crippen LogP contribution is -2.39. The zero-order chi connectivity index (χ0) is 20.5. The highest BCUT2D eigenvalue weighted by atomic mass is 127. The van der Waals surface area contributed by atoms with E-state index in [0.717, 1.165) is 81.5 Å². The largest absolute Gasteiger partial charge is 0.381 e. The van der Waals surface area contributed by atoms with Gasteiger partial charge in [-0.15, -0.1) is 24.0 Å². The molecule has 0 radical (unpaired) electrons. The average Bonchev–Trinajstić information content (AvgIpc) is 2.79. The zero-order valence-electron chi connectivity index (χ0n) is 18.4. The maximum Gasteiger partial charge on any atom is 0.253 e. The molecule has 168 valence electrons. The fourth-order valence-corrected chi connectivity index (χ4v) is 4.18. The third kappa shape index (κ3) is 7.41. The Morgan fingerprint density at radius 1 is 1.23 bits per heavy atom. The summed E-state index contributed by atoms with van der Waals surface area (Å²) in [7, 11) is 3.91. The highest BCUT2D eigenvalue weighted by Crippen LogP contribution is 2.18. The van der Waals surface area contributed by atoms with Crippen LogP contribution in [-0.4, -0.2) is 68.6 Å². The van der Waals surface area contributed by atoms with Crippen molar-refractivity contribution in [3.05, 3.63) is 35.4 Å². The van der Waals surface area contributed by atoms with Gasteiger partial charge in [-0.05, 0) is 62.1 Å². The van der Waals surface area contributed by atoms with Crippen molar-refractivity contribution in [2.45, 2.75) is 45.1 Å². The molecule has 0 saturated carbocycles. The lowest BCUT2D eigenvalue weighted by atomic mass is 9.96. The van der Waals surface area contributed by atoms with E-state index in [1.165, 1.54) is 12.8 Å². The van der Waals surface area contributed by atoms with E-state index in [1.807, 2.05) is 30.1 Å².